The minimum atomic E-state index is 0.641. The maximum Gasteiger partial charge on any atom is 0.145 e. The average molecular weight is 308 g/mol. The van der Waals surface area contributed by atoms with Crippen LogP contribution in [0, 0.1) is 0 Å². The molecule has 0 fully saturated rings. The fourth-order valence-corrected chi connectivity index (χ4v) is 2.43. The highest BCUT2D eigenvalue weighted by atomic mass is 16.5. The van der Waals surface area contributed by atoms with Crippen molar-refractivity contribution in [2.45, 2.75) is 13.1 Å². The molecule has 3 rings (SSSR count). The van der Waals surface area contributed by atoms with Gasteiger partial charge in [0.2, 0.25) is 0 Å². The van der Waals surface area contributed by atoms with E-state index in [1.807, 2.05) is 55.6 Å². The molecule has 0 bridgehead atoms. The van der Waals surface area contributed by atoms with E-state index in [0.29, 0.717) is 13.1 Å². The SMILES string of the molecule is CNCc1nc(NCc2ccc(OC)cc2)c2ccccc2n1. The van der Waals surface area contributed by atoms with Gasteiger partial charge in [0.1, 0.15) is 17.4 Å². The first-order chi connectivity index (χ1) is 11.3. The fourth-order valence-electron chi connectivity index (χ4n) is 2.43. The van der Waals surface area contributed by atoms with E-state index in [0.717, 1.165) is 28.3 Å². The van der Waals surface area contributed by atoms with Gasteiger partial charge in [-0.2, -0.15) is 0 Å². The number of methoxy groups -OCH3 is 1. The van der Waals surface area contributed by atoms with Gasteiger partial charge in [0.05, 0.1) is 19.2 Å². The van der Waals surface area contributed by atoms with Crippen LogP contribution in [0.25, 0.3) is 10.9 Å². The summed E-state index contributed by atoms with van der Waals surface area (Å²) >= 11 is 0. The van der Waals surface area contributed by atoms with Crippen LogP contribution in [0.3, 0.4) is 0 Å². The van der Waals surface area contributed by atoms with Gasteiger partial charge in [-0.25, -0.2) is 9.97 Å². The number of nitrogens with one attached hydrogen (secondary N) is 2. The van der Waals surface area contributed by atoms with Crippen molar-refractivity contribution in [1.29, 1.82) is 0 Å². The van der Waals surface area contributed by atoms with Crippen LogP contribution in [-0.2, 0) is 13.1 Å². The van der Waals surface area contributed by atoms with Crippen molar-refractivity contribution >= 4 is 16.7 Å². The molecule has 3 aromatic rings. The van der Waals surface area contributed by atoms with Crippen molar-refractivity contribution in [2.24, 2.45) is 0 Å². The second kappa shape index (κ2) is 7.07. The van der Waals surface area contributed by atoms with Crippen LogP contribution in [0.15, 0.2) is 48.5 Å². The summed E-state index contributed by atoms with van der Waals surface area (Å²) in [5.41, 5.74) is 2.12. The third kappa shape index (κ3) is 3.57. The van der Waals surface area contributed by atoms with Gasteiger partial charge >= 0.3 is 0 Å². The summed E-state index contributed by atoms with van der Waals surface area (Å²) in [5, 5.41) is 7.54. The number of hydrogen-bond acceptors (Lipinski definition) is 5. The van der Waals surface area contributed by atoms with E-state index >= 15 is 0 Å². The Bertz CT molecular complexity index is 787. The van der Waals surface area contributed by atoms with Gasteiger partial charge in [-0.1, -0.05) is 24.3 Å². The van der Waals surface area contributed by atoms with Gasteiger partial charge in [0.15, 0.2) is 0 Å². The minimum Gasteiger partial charge on any atom is -0.497 e. The minimum absolute atomic E-state index is 0.641. The molecule has 2 N–H and O–H groups in total. The van der Waals surface area contributed by atoms with E-state index in [2.05, 4.69) is 20.6 Å². The molecule has 2 aromatic carbocycles. The number of ether oxygens (including phenoxy) is 1. The van der Waals surface area contributed by atoms with Crippen LogP contribution in [0.4, 0.5) is 5.82 Å². The highest BCUT2D eigenvalue weighted by Gasteiger charge is 2.07. The zero-order valence-electron chi connectivity index (χ0n) is 13.3. The predicted molar refractivity (Wildman–Crippen MR) is 92.6 cm³/mol. The Labute approximate surface area is 135 Å². The van der Waals surface area contributed by atoms with E-state index in [1.165, 1.54) is 5.56 Å². The Hall–Kier alpha value is -2.66. The molecule has 0 aliphatic rings. The molecule has 0 aliphatic carbocycles. The molecular formula is C18H20N4O. The van der Waals surface area contributed by atoms with Gasteiger partial charge < -0.3 is 15.4 Å². The molecule has 0 saturated carbocycles. The summed E-state index contributed by atoms with van der Waals surface area (Å²) in [4.78, 5) is 9.20. The van der Waals surface area contributed by atoms with E-state index in [1.54, 1.807) is 7.11 Å². The van der Waals surface area contributed by atoms with Crippen molar-refractivity contribution in [3.05, 3.63) is 59.9 Å². The number of fused-ring (bicyclic) bond motifs is 1. The molecule has 0 atom stereocenters. The predicted octanol–water partition coefficient (Wildman–Crippen LogP) is 2.97. The van der Waals surface area contributed by atoms with Gasteiger partial charge in [0.25, 0.3) is 0 Å². The maximum absolute atomic E-state index is 5.18. The Balaban J connectivity index is 1.85. The van der Waals surface area contributed by atoms with Crippen molar-refractivity contribution in [1.82, 2.24) is 15.3 Å². The third-order valence-electron chi connectivity index (χ3n) is 3.60. The fraction of sp³-hybridized carbons (Fsp3) is 0.222. The Morgan fingerprint density at radius 1 is 0.957 bits per heavy atom. The van der Waals surface area contributed by atoms with Gasteiger partial charge in [0, 0.05) is 11.9 Å². The highest BCUT2D eigenvalue weighted by Crippen LogP contribution is 2.21. The lowest BCUT2D eigenvalue weighted by molar-refractivity contribution is 0.414. The van der Waals surface area contributed by atoms with Crippen molar-refractivity contribution in [3.8, 4) is 5.75 Å². The summed E-state index contributed by atoms with van der Waals surface area (Å²) in [6.07, 6.45) is 0. The molecule has 1 heterocycles. The maximum atomic E-state index is 5.18. The summed E-state index contributed by atoms with van der Waals surface area (Å²) in [5.74, 6) is 2.50. The van der Waals surface area contributed by atoms with Crippen molar-refractivity contribution < 1.29 is 4.74 Å². The lowest BCUT2D eigenvalue weighted by Crippen LogP contribution is -2.11. The Morgan fingerprint density at radius 3 is 2.48 bits per heavy atom. The molecule has 0 radical (unpaired) electrons. The summed E-state index contributed by atoms with van der Waals surface area (Å²) in [6.45, 7) is 1.34. The van der Waals surface area contributed by atoms with Crippen molar-refractivity contribution in [3.63, 3.8) is 0 Å². The topological polar surface area (TPSA) is 59.1 Å². The largest absolute Gasteiger partial charge is 0.497 e. The number of anilines is 1. The first-order valence-corrected chi connectivity index (χ1v) is 7.57. The third-order valence-corrected chi connectivity index (χ3v) is 3.60. The van der Waals surface area contributed by atoms with Crippen LogP contribution in [-0.4, -0.2) is 24.1 Å². The number of benzene rings is 2. The molecule has 23 heavy (non-hydrogen) atoms. The second-order valence-electron chi connectivity index (χ2n) is 5.24. The summed E-state index contributed by atoms with van der Waals surface area (Å²) in [7, 11) is 3.56. The normalized spacial score (nSPS) is 10.7. The second-order valence-corrected chi connectivity index (χ2v) is 5.24. The van der Waals surface area contributed by atoms with Crippen LogP contribution in [0.2, 0.25) is 0 Å². The highest BCUT2D eigenvalue weighted by molar-refractivity contribution is 5.88. The Kier molecular flexibility index (Phi) is 4.68. The van der Waals surface area contributed by atoms with Crippen LogP contribution >= 0.6 is 0 Å². The zero-order valence-corrected chi connectivity index (χ0v) is 13.3. The van der Waals surface area contributed by atoms with Crippen LogP contribution < -0.4 is 15.4 Å². The monoisotopic (exact) mass is 308 g/mol. The molecule has 0 spiro atoms. The summed E-state index contributed by atoms with van der Waals surface area (Å²) in [6, 6.07) is 16.0. The molecule has 1 aromatic heterocycles. The standard InChI is InChI=1S/C18H20N4O/c1-19-12-17-21-16-6-4-3-5-15(16)18(22-17)20-11-13-7-9-14(23-2)10-8-13/h3-10,19H,11-12H2,1-2H3,(H,20,21,22). The lowest BCUT2D eigenvalue weighted by atomic mass is 10.2. The van der Waals surface area contributed by atoms with Crippen LogP contribution in [0.5, 0.6) is 5.75 Å². The Morgan fingerprint density at radius 2 is 1.74 bits per heavy atom. The van der Waals surface area contributed by atoms with Gasteiger partial charge in [-0.15, -0.1) is 0 Å². The molecule has 0 unspecified atom stereocenters. The first kappa shape index (κ1) is 15.2. The van der Waals surface area contributed by atoms with Crippen molar-refractivity contribution in [2.75, 3.05) is 19.5 Å². The number of nitrogens with zero attached hydrogens (tertiary/aromatic N) is 2. The molecule has 5 nitrogen and oxygen atoms in total. The van der Waals surface area contributed by atoms with E-state index in [4.69, 9.17) is 4.74 Å². The van der Waals surface area contributed by atoms with Gasteiger partial charge in [-0.05, 0) is 36.9 Å². The summed E-state index contributed by atoms with van der Waals surface area (Å²) < 4.78 is 5.18. The average Bonchev–Trinajstić information content (AvgIpc) is 2.60. The number of hydrogen-bond donors (Lipinski definition) is 2. The quantitative estimate of drug-likeness (QED) is 0.733. The molecule has 5 heteroatoms. The molecule has 0 aliphatic heterocycles. The molecular weight excluding hydrogens is 288 g/mol. The molecule has 0 saturated heterocycles. The van der Waals surface area contributed by atoms with E-state index < -0.39 is 0 Å². The van der Waals surface area contributed by atoms with E-state index in [-0.39, 0.29) is 0 Å². The number of para-hydroxylation sites is 1. The number of aromatic nitrogens is 2. The molecule has 0 amide bonds. The van der Waals surface area contributed by atoms with Crippen LogP contribution in [0.1, 0.15) is 11.4 Å². The van der Waals surface area contributed by atoms with Gasteiger partial charge in [-0.3, -0.25) is 0 Å². The molecule has 118 valence electrons. The lowest BCUT2D eigenvalue weighted by Gasteiger charge is -2.11. The zero-order chi connectivity index (χ0) is 16.1. The first-order valence-electron chi connectivity index (χ1n) is 7.57. The number of rotatable bonds is 6. The smallest absolute Gasteiger partial charge is 0.145 e. The van der Waals surface area contributed by atoms with E-state index in [9.17, 15) is 0 Å².